The second-order valence-corrected chi connectivity index (χ2v) is 1.22. The molecule has 0 bridgehead atoms. The minimum Gasteiger partial charge on any atom is -0.315 e. The Hall–Kier alpha value is -0.180. The van der Waals surface area contributed by atoms with Crippen molar-refractivity contribution in [2.75, 3.05) is 0 Å². The molecule has 0 saturated heterocycles. The number of halogens is 2. The lowest BCUT2D eigenvalue weighted by atomic mass is 10.7. The van der Waals surface area contributed by atoms with E-state index in [0.29, 0.717) is 0 Å². The molecule has 44 valence electrons. The third-order valence-electron chi connectivity index (χ3n) is 0.375. The number of hydrogen-bond acceptors (Lipinski definition) is 1. The van der Waals surface area contributed by atoms with E-state index in [4.69, 9.17) is 0 Å². The van der Waals surface area contributed by atoms with E-state index in [2.05, 4.69) is 4.74 Å². The summed E-state index contributed by atoms with van der Waals surface area (Å²) in [5.74, 6) is 0. The van der Waals surface area contributed by atoms with Gasteiger partial charge < -0.3 is 4.74 Å². The van der Waals surface area contributed by atoms with Crippen molar-refractivity contribution in [2.45, 2.75) is 26.6 Å². The molecular formula is C4H8F2O. The van der Waals surface area contributed by atoms with E-state index in [-0.39, 0.29) is 0 Å². The first-order chi connectivity index (χ1) is 3.13. The van der Waals surface area contributed by atoms with Crippen molar-refractivity contribution in [1.29, 1.82) is 0 Å². The molecule has 0 aromatic heterocycles. The van der Waals surface area contributed by atoms with E-state index in [9.17, 15) is 8.78 Å². The highest BCUT2D eigenvalue weighted by atomic mass is 19.2. The van der Waals surface area contributed by atoms with Crippen LogP contribution in [0.3, 0.4) is 0 Å². The van der Waals surface area contributed by atoms with Gasteiger partial charge in [-0.25, -0.2) is 8.78 Å². The fourth-order valence-corrected chi connectivity index (χ4v) is 0.258. The molecule has 0 spiro atoms. The monoisotopic (exact) mass is 110 g/mol. The van der Waals surface area contributed by atoms with Crippen LogP contribution in [0.15, 0.2) is 0 Å². The van der Waals surface area contributed by atoms with E-state index in [0.717, 1.165) is 13.8 Å². The van der Waals surface area contributed by atoms with E-state index in [1.54, 1.807) is 0 Å². The lowest BCUT2D eigenvalue weighted by Gasteiger charge is -2.02. The molecule has 0 saturated carbocycles. The zero-order valence-electron chi connectivity index (χ0n) is 4.32. The number of rotatable bonds is 2. The Morgan fingerprint density at radius 3 is 1.43 bits per heavy atom. The summed E-state index contributed by atoms with van der Waals surface area (Å²) in [6, 6.07) is 0. The zero-order valence-corrected chi connectivity index (χ0v) is 4.32. The van der Waals surface area contributed by atoms with Gasteiger partial charge >= 0.3 is 0 Å². The van der Waals surface area contributed by atoms with Gasteiger partial charge in [0.05, 0.1) is 0 Å². The third-order valence-corrected chi connectivity index (χ3v) is 0.375. The standard InChI is InChI=1S/C4H8F2O/c1-3(5)7-4(2)6/h3-4H,1-2H3. The van der Waals surface area contributed by atoms with E-state index in [1.165, 1.54) is 0 Å². The van der Waals surface area contributed by atoms with Crippen LogP contribution in [0.1, 0.15) is 13.8 Å². The van der Waals surface area contributed by atoms with Crippen LogP contribution in [0.5, 0.6) is 0 Å². The molecule has 0 aromatic rings. The van der Waals surface area contributed by atoms with Crippen molar-refractivity contribution < 1.29 is 13.5 Å². The van der Waals surface area contributed by atoms with Crippen molar-refractivity contribution in [3.63, 3.8) is 0 Å². The van der Waals surface area contributed by atoms with Crippen molar-refractivity contribution in [2.24, 2.45) is 0 Å². The van der Waals surface area contributed by atoms with E-state index in [1.807, 2.05) is 0 Å². The fourth-order valence-electron chi connectivity index (χ4n) is 0.258. The predicted octanol–water partition coefficient (Wildman–Crippen LogP) is 1.63. The molecule has 0 aromatic carbocycles. The van der Waals surface area contributed by atoms with Gasteiger partial charge in [-0.05, 0) is 13.8 Å². The summed E-state index contributed by atoms with van der Waals surface area (Å²) in [7, 11) is 0. The van der Waals surface area contributed by atoms with Crippen molar-refractivity contribution >= 4 is 0 Å². The topological polar surface area (TPSA) is 9.23 Å². The summed E-state index contributed by atoms with van der Waals surface area (Å²) in [6.45, 7) is 2.27. The summed E-state index contributed by atoms with van der Waals surface area (Å²) < 4.78 is 26.9. The molecule has 0 N–H and O–H groups in total. The molecular weight excluding hydrogens is 102 g/mol. The maximum absolute atomic E-state index is 11.5. The third kappa shape index (κ3) is 5.82. The summed E-state index contributed by atoms with van der Waals surface area (Å²) in [6.07, 6.45) is -3.00. The largest absolute Gasteiger partial charge is 0.315 e. The smallest absolute Gasteiger partial charge is 0.199 e. The molecule has 0 aliphatic heterocycles. The van der Waals surface area contributed by atoms with Crippen LogP contribution in [0, 0.1) is 0 Å². The maximum Gasteiger partial charge on any atom is 0.199 e. The highest BCUT2D eigenvalue weighted by molar-refractivity contribution is 4.26. The van der Waals surface area contributed by atoms with E-state index < -0.39 is 12.7 Å². The Kier molecular flexibility index (Phi) is 2.83. The molecule has 2 atom stereocenters. The highest BCUT2D eigenvalue weighted by Crippen LogP contribution is 1.97. The Labute approximate surface area is 41.3 Å². The average molecular weight is 110 g/mol. The molecule has 0 aliphatic rings. The van der Waals surface area contributed by atoms with Gasteiger partial charge in [0.15, 0.2) is 12.7 Å². The second kappa shape index (κ2) is 2.91. The van der Waals surface area contributed by atoms with Crippen LogP contribution < -0.4 is 0 Å². The fraction of sp³-hybridized carbons (Fsp3) is 1.00. The van der Waals surface area contributed by atoms with Crippen molar-refractivity contribution in [1.82, 2.24) is 0 Å². The molecule has 0 fully saturated rings. The minimum atomic E-state index is -1.50. The molecule has 0 radical (unpaired) electrons. The van der Waals surface area contributed by atoms with Gasteiger partial charge in [-0.2, -0.15) is 0 Å². The molecule has 0 amide bonds. The van der Waals surface area contributed by atoms with Crippen molar-refractivity contribution in [3.05, 3.63) is 0 Å². The van der Waals surface area contributed by atoms with Gasteiger partial charge in [-0.3, -0.25) is 0 Å². The van der Waals surface area contributed by atoms with Crippen LogP contribution in [0.25, 0.3) is 0 Å². The molecule has 2 unspecified atom stereocenters. The Morgan fingerprint density at radius 2 is 1.43 bits per heavy atom. The van der Waals surface area contributed by atoms with Gasteiger partial charge in [-0.15, -0.1) is 0 Å². The Balaban J connectivity index is 2.95. The predicted molar refractivity (Wildman–Crippen MR) is 22.2 cm³/mol. The summed E-state index contributed by atoms with van der Waals surface area (Å²) >= 11 is 0. The van der Waals surface area contributed by atoms with Crippen LogP contribution in [0.4, 0.5) is 8.78 Å². The number of hydrogen-bond donors (Lipinski definition) is 0. The van der Waals surface area contributed by atoms with Gasteiger partial charge in [0.2, 0.25) is 0 Å². The molecule has 0 rings (SSSR count). The van der Waals surface area contributed by atoms with Crippen LogP contribution >= 0.6 is 0 Å². The lowest BCUT2D eigenvalue weighted by molar-refractivity contribution is -0.120. The number of alkyl halides is 2. The van der Waals surface area contributed by atoms with Crippen molar-refractivity contribution in [3.8, 4) is 0 Å². The molecule has 0 heterocycles. The minimum absolute atomic E-state index is 1.14. The van der Waals surface area contributed by atoms with Gasteiger partial charge in [-0.1, -0.05) is 0 Å². The van der Waals surface area contributed by atoms with E-state index >= 15 is 0 Å². The van der Waals surface area contributed by atoms with Gasteiger partial charge in [0, 0.05) is 0 Å². The summed E-state index contributed by atoms with van der Waals surface area (Å²) in [4.78, 5) is 0. The molecule has 7 heavy (non-hydrogen) atoms. The maximum atomic E-state index is 11.5. The average Bonchev–Trinajstić information content (AvgIpc) is 1.27. The Bertz CT molecular complexity index is 39.0. The molecule has 0 aliphatic carbocycles. The van der Waals surface area contributed by atoms with Crippen LogP contribution in [0.2, 0.25) is 0 Å². The number of ether oxygens (including phenoxy) is 1. The molecule has 1 nitrogen and oxygen atoms in total. The van der Waals surface area contributed by atoms with Gasteiger partial charge in [0.25, 0.3) is 0 Å². The highest BCUT2D eigenvalue weighted by Gasteiger charge is 2.01. The van der Waals surface area contributed by atoms with Crippen LogP contribution in [-0.4, -0.2) is 12.7 Å². The first-order valence-electron chi connectivity index (χ1n) is 2.06. The Morgan fingerprint density at radius 1 is 1.14 bits per heavy atom. The molecule has 3 heteroatoms. The summed E-state index contributed by atoms with van der Waals surface area (Å²) in [5, 5.41) is 0. The second-order valence-electron chi connectivity index (χ2n) is 1.22. The normalized spacial score (nSPS) is 18.9. The quantitative estimate of drug-likeness (QED) is 0.525. The lowest BCUT2D eigenvalue weighted by Crippen LogP contribution is -2.06. The zero-order chi connectivity index (χ0) is 5.86. The summed E-state index contributed by atoms with van der Waals surface area (Å²) in [5.41, 5.74) is 0. The first kappa shape index (κ1) is 6.82. The first-order valence-corrected chi connectivity index (χ1v) is 2.06. The van der Waals surface area contributed by atoms with Crippen LogP contribution in [-0.2, 0) is 4.74 Å². The SMILES string of the molecule is CC(F)OC(C)F. The van der Waals surface area contributed by atoms with Gasteiger partial charge in [0.1, 0.15) is 0 Å².